The second-order valence-electron chi connectivity index (χ2n) is 4.82. The van der Waals surface area contributed by atoms with Crippen LogP contribution in [0.5, 0.6) is 0 Å². The highest BCUT2D eigenvalue weighted by molar-refractivity contribution is 5.84. The lowest BCUT2D eigenvalue weighted by atomic mass is 10.1. The van der Waals surface area contributed by atoms with Gasteiger partial charge in [-0.25, -0.2) is 5.43 Å². The van der Waals surface area contributed by atoms with Gasteiger partial charge in [0.15, 0.2) is 0 Å². The van der Waals surface area contributed by atoms with Crippen LogP contribution in [0.3, 0.4) is 0 Å². The van der Waals surface area contributed by atoms with E-state index in [1.54, 1.807) is 6.21 Å². The first kappa shape index (κ1) is 14.0. The van der Waals surface area contributed by atoms with E-state index in [0.29, 0.717) is 6.42 Å². The molecule has 102 valence electrons. The summed E-state index contributed by atoms with van der Waals surface area (Å²) < 4.78 is 0. The Hall–Kier alpha value is -2.42. The monoisotopic (exact) mass is 266 g/mol. The van der Waals surface area contributed by atoms with Crippen molar-refractivity contribution >= 4 is 12.1 Å². The first-order valence-electron chi connectivity index (χ1n) is 6.58. The third-order valence-corrected chi connectivity index (χ3v) is 3.03. The number of hydrazone groups is 1. The normalized spacial score (nSPS) is 10.7. The zero-order chi connectivity index (χ0) is 14.4. The molecule has 0 radical (unpaired) electrons. The van der Waals surface area contributed by atoms with E-state index in [-0.39, 0.29) is 5.91 Å². The van der Waals surface area contributed by atoms with Crippen molar-refractivity contribution < 1.29 is 4.79 Å². The standard InChI is InChI=1S/C17H18N2O/c1-13-8-9-16(14(2)10-13)12-18-19-17(20)11-15-6-4-3-5-7-15/h3-10,12H,11H2,1-2H3,(H,19,20)/b18-12-. The van der Waals surface area contributed by atoms with Crippen molar-refractivity contribution in [1.82, 2.24) is 5.43 Å². The topological polar surface area (TPSA) is 41.5 Å². The fourth-order valence-electron chi connectivity index (χ4n) is 1.97. The second kappa shape index (κ2) is 6.66. The van der Waals surface area contributed by atoms with Crippen LogP contribution in [0.2, 0.25) is 0 Å². The molecule has 0 aliphatic heterocycles. The Bertz CT molecular complexity index is 618. The summed E-state index contributed by atoms with van der Waals surface area (Å²) in [6.07, 6.45) is 2.02. The SMILES string of the molecule is Cc1ccc(/C=N\NC(=O)Cc2ccccc2)c(C)c1. The summed E-state index contributed by atoms with van der Waals surface area (Å²) in [6.45, 7) is 4.08. The van der Waals surface area contributed by atoms with Crippen LogP contribution in [-0.4, -0.2) is 12.1 Å². The van der Waals surface area contributed by atoms with E-state index < -0.39 is 0 Å². The van der Waals surface area contributed by atoms with Crippen LogP contribution in [0.4, 0.5) is 0 Å². The molecular weight excluding hydrogens is 248 g/mol. The predicted octanol–water partition coefficient (Wildman–Crippen LogP) is 3.00. The number of carbonyl (C=O) groups excluding carboxylic acids is 1. The number of rotatable bonds is 4. The maximum atomic E-state index is 11.7. The van der Waals surface area contributed by atoms with Gasteiger partial charge in [-0.2, -0.15) is 5.10 Å². The molecule has 3 heteroatoms. The summed E-state index contributed by atoms with van der Waals surface area (Å²) in [5.41, 5.74) is 6.90. The quantitative estimate of drug-likeness (QED) is 0.671. The zero-order valence-electron chi connectivity index (χ0n) is 11.8. The second-order valence-corrected chi connectivity index (χ2v) is 4.82. The molecule has 0 aliphatic rings. The van der Waals surface area contributed by atoms with Gasteiger partial charge in [-0.15, -0.1) is 0 Å². The summed E-state index contributed by atoms with van der Waals surface area (Å²) in [5, 5.41) is 4.00. The van der Waals surface area contributed by atoms with E-state index in [1.807, 2.05) is 49.4 Å². The number of aryl methyl sites for hydroxylation is 2. The van der Waals surface area contributed by atoms with Gasteiger partial charge in [-0.3, -0.25) is 4.79 Å². The van der Waals surface area contributed by atoms with Gasteiger partial charge in [0.25, 0.3) is 0 Å². The molecule has 2 rings (SSSR count). The molecule has 2 aromatic rings. The van der Waals surface area contributed by atoms with Gasteiger partial charge >= 0.3 is 0 Å². The largest absolute Gasteiger partial charge is 0.273 e. The van der Waals surface area contributed by atoms with Gasteiger partial charge < -0.3 is 0 Å². The van der Waals surface area contributed by atoms with E-state index >= 15 is 0 Å². The van der Waals surface area contributed by atoms with E-state index in [0.717, 1.165) is 16.7 Å². The molecule has 0 bridgehead atoms. The molecule has 2 aromatic carbocycles. The van der Waals surface area contributed by atoms with E-state index in [9.17, 15) is 4.79 Å². The molecule has 0 atom stereocenters. The molecule has 0 heterocycles. The fraction of sp³-hybridized carbons (Fsp3) is 0.176. The molecule has 3 nitrogen and oxygen atoms in total. The highest BCUT2D eigenvalue weighted by Gasteiger charge is 2.01. The van der Waals surface area contributed by atoms with Crippen molar-refractivity contribution in [2.24, 2.45) is 5.10 Å². The summed E-state index contributed by atoms with van der Waals surface area (Å²) in [5.74, 6) is -0.114. The smallest absolute Gasteiger partial charge is 0.244 e. The summed E-state index contributed by atoms with van der Waals surface area (Å²) in [7, 11) is 0. The van der Waals surface area contributed by atoms with Crippen molar-refractivity contribution in [3.8, 4) is 0 Å². The van der Waals surface area contributed by atoms with Crippen molar-refractivity contribution in [1.29, 1.82) is 0 Å². The Labute approximate surface area is 119 Å². The minimum Gasteiger partial charge on any atom is -0.273 e. The molecule has 0 fully saturated rings. The lowest BCUT2D eigenvalue weighted by Gasteiger charge is -2.02. The van der Waals surface area contributed by atoms with Crippen molar-refractivity contribution in [2.75, 3.05) is 0 Å². The molecule has 0 saturated heterocycles. The summed E-state index contributed by atoms with van der Waals surface area (Å²) >= 11 is 0. The minimum atomic E-state index is -0.114. The average Bonchev–Trinajstić information content (AvgIpc) is 2.42. The van der Waals surface area contributed by atoms with Gasteiger partial charge in [0.1, 0.15) is 0 Å². The maximum absolute atomic E-state index is 11.7. The van der Waals surface area contributed by atoms with Crippen LogP contribution in [0.15, 0.2) is 53.6 Å². The Morgan fingerprint density at radius 1 is 1.15 bits per heavy atom. The molecule has 0 unspecified atom stereocenters. The minimum absolute atomic E-state index is 0.114. The Balaban J connectivity index is 1.91. The molecule has 0 spiro atoms. The highest BCUT2D eigenvalue weighted by Crippen LogP contribution is 2.07. The van der Waals surface area contributed by atoms with Crippen LogP contribution in [-0.2, 0) is 11.2 Å². The van der Waals surface area contributed by atoms with Gasteiger partial charge in [0, 0.05) is 0 Å². The van der Waals surface area contributed by atoms with Crippen LogP contribution in [0.25, 0.3) is 0 Å². The predicted molar refractivity (Wildman–Crippen MR) is 81.8 cm³/mol. The average molecular weight is 266 g/mol. The molecule has 0 aliphatic carbocycles. The zero-order valence-corrected chi connectivity index (χ0v) is 11.8. The fourth-order valence-corrected chi connectivity index (χ4v) is 1.97. The number of carbonyl (C=O) groups is 1. The van der Waals surface area contributed by atoms with E-state index in [4.69, 9.17) is 0 Å². The Morgan fingerprint density at radius 3 is 2.60 bits per heavy atom. The third kappa shape index (κ3) is 4.05. The number of hydrogen-bond acceptors (Lipinski definition) is 2. The van der Waals surface area contributed by atoms with E-state index in [1.165, 1.54) is 5.56 Å². The van der Waals surface area contributed by atoms with E-state index in [2.05, 4.69) is 23.5 Å². The van der Waals surface area contributed by atoms with Gasteiger partial charge in [-0.1, -0.05) is 54.1 Å². The number of nitrogens with one attached hydrogen (secondary N) is 1. The molecule has 0 saturated carbocycles. The maximum Gasteiger partial charge on any atom is 0.244 e. The number of benzene rings is 2. The highest BCUT2D eigenvalue weighted by atomic mass is 16.2. The Kier molecular flexibility index (Phi) is 4.66. The molecule has 0 aromatic heterocycles. The number of hydrogen-bond donors (Lipinski definition) is 1. The van der Waals surface area contributed by atoms with Crippen LogP contribution in [0, 0.1) is 13.8 Å². The molecule has 1 amide bonds. The molecular formula is C17H18N2O. The molecule has 20 heavy (non-hydrogen) atoms. The summed E-state index contributed by atoms with van der Waals surface area (Å²) in [6, 6.07) is 15.7. The number of amides is 1. The van der Waals surface area contributed by atoms with Crippen LogP contribution < -0.4 is 5.43 Å². The summed E-state index contributed by atoms with van der Waals surface area (Å²) in [4.78, 5) is 11.7. The Morgan fingerprint density at radius 2 is 1.90 bits per heavy atom. The lowest BCUT2D eigenvalue weighted by molar-refractivity contribution is -0.120. The van der Waals surface area contributed by atoms with Crippen LogP contribution >= 0.6 is 0 Å². The molecule has 1 N–H and O–H groups in total. The van der Waals surface area contributed by atoms with Crippen molar-refractivity contribution in [3.05, 3.63) is 70.8 Å². The van der Waals surface area contributed by atoms with Crippen molar-refractivity contribution in [2.45, 2.75) is 20.3 Å². The first-order chi connectivity index (χ1) is 9.65. The van der Waals surface area contributed by atoms with Gasteiger partial charge in [-0.05, 0) is 30.5 Å². The van der Waals surface area contributed by atoms with Gasteiger partial charge in [0.05, 0.1) is 12.6 Å². The lowest BCUT2D eigenvalue weighted by Crippen LogP contribution is -2.19. The van der Waals surface area contributed by atoms with Gasteiger partial charge in [0.2, 0.25) is 5.91 Å². The van der Waals surface area contributed by atoms with Crippen LogP contribution in [0.1, 0.15) is 22.3 Å². The third-order valence-electron chi connectivity index (χ3n) is 3.03. The number of nitrogens with zero attached hydrogens (tertiary/aromatic N) is 1. The first-order valence-corrected chi connectivity index (χ1v) is 6.58. The van der Waals surface area contributed by atoms with Crippen molar-refractivity contribution in [3.63, 3.8) is 0 Å².